The summed E-state index contributed by atoms with van der Waals surface area (Å²) < 4.78 is 3.03. The highest BCUT2D eigenvalue weighted by molar-refractivity contribution is 7.22. The number of nitrogens with zero attached hydrogens (tertiary/aromatic N) is 5. The normalized spacial score (nSPS) is 17.3. The number of hydrogen-bond donors (Lipinski definition) is 1. The van der Waals surface area contributed by atoms with Crippen molar-refractivity contribution >= 4 is 38.3 Å². The second-order valence-electron chi connectivity index (χ2n) is 6.56. The molecule has 1 atom stereocenters. The monoisotopic (exact) mass is 376 g/mol. The van der Waals surface area contributed by atoms with Gasteiger partial charge in [0.05, 0.1) is 16.8 Å². The van der Waals surface area contributed by atoms with Crippen molar-refractivity contribution in [2.45, 2.75) is 38.4 Å². The molecule has 2 aromatic heterocycles. The highest BCUT2D eigenvalue weighted by Gasteiger charge is 2.22. The van der Waals surface area contributed by atoms with Gasteiger partial charge in [-0.3, -0.25) is 4.68 Å². The van der Waals surface area contributed by atoms with E-state index in [1.807, 2.05) is 22.9 Å². The fraction of sp³-hybridized carbons (Fsp3) is 0.471. The zero-order valence-corrected chi connectivity index (χ0v) is 15.7. The van der Waals surface area contributed by atoms with Gasteiger partial charge in [-0.1, -0.05) is 22.9 Å². The fourth-order valence-corrected chi connectivity index (χ4v) is 4.61. The van der Waals surface area contributed by atoms with Crippen molar-refractivity contribution in [3.05, 3.63) is 35.9 Å². The van der Waals surface area contributed by atoms with Crippen LogP contribution in [0.4, 0.5) is 5.13 Å². The van der Waals surface area contributed by atoms with Crippen LogP contribution in [0.15, 0.2) is 30.9 Å². The largest absolute Gasteiger partial charge is 0.348 e. The number of nitrogens with one attached hydrogen (secondary N) is 1. The summed E-state index contributed by atoms with van der Waals surface area (Å²) in [5.74, 6) is 0. The maximum Gasteiger partial charge on any atom is 0.186 e. The lowest BCUT2D eigenvalue weighted by Gasteiger charge is -2.33. The second kappa shape index (κ2) is 7.27. The number of piperidine rings is 1. The molecule has 1 aliphatic heterocycles. The van der Waals surface area contributed by atoms with Gasteiger partial charge in [0.2, 0.25) is 0 Å². The van der Waals surface area contributed by atoms with Gasteiger partial charge < -0.3 is 10.2 Å². The van der Waals surface area contributed by atoms with Gasteiger partial charge in [-0.2, -0.15) is 5.10 Å². The Labute approximate surface area is 155 Å². The number of thiazole rings is 1. The first-order valence-corrected chi connectivity index (χ1v) is 9.76. The van der Waals surface area contributed by atoms with Crippen LogP contribution in [0.25, 0.3) is 10.2 Å². The molecule has 6 nitrogen and oxygen atoms in total. The summed E-state index contributed by atoms with van der Waals surface area (Å²) in [6.07, 6.45) is 5.59. The van der Waals surface area contributed by atoms with E-state index in [1.165, 1.54) is 0 Å². The molecule has 0 unspecified atom stereocenters. The summed E-state index contributed by atoms with van der Waals surface area (Å²) in [7, 11) is 0. The molecule has 4 rings (SSSR count). The summed E-state index contributed by atoms with van der Waals surface area (Å²) in [6.45, 7) is 5.10. The van der Waals surface area contributed by atoms with Gasteiger partial charge in [0.25, 0.3) is 0 Å². The van der Waals surface area contributed by atoms with Crippen molar-refractivity contribution in [3.63, 3.8) is 0 Å². The van der Waals surface area contributed by atoms with Crippen molar-refractivity contribution in [2.75, 3.05) is 18.0 Å². The molecular weight excluding hydrogens is 356 g/mol. The molecule has 1 aromatic carbocycles. The number of rotatable bonds is 5. The molecule has 0 bridgehead atoms. The molecule has 0 radical (unpaired) electrons. The van der Waals surface area contributed by atoms with Crippen LogP contribution in [0, 0.1) is 0 Å². The van der Waals surface area contributed by atoms with Crippen LogP contribution in [0.2, 0.25) is 5.02 Å². The topological polar surface area (TPSA) is 58.9 Å². The van der Waals surface area contributed by atoms with Crippen LogP contribution >= 0.6 is 22.9 Å². The van der Waals surface area contributed by atoms with E-state index in [1.54, 1.807) is 24.0 Å². The van der Waals surface area contributed by atoms with E-state index >= 15 is 0 Å². The van der Waals surface area contributed by atoms with Crippen molar-refractivity contribution < 1.29 is 0 Å². The Kier molecular flexibility index (Phi) is 4.87. The maximum atomic E-state index is 6.08. The summed E-state index contributed by atoms with van der Waals surface area (Å²) in [5, 5.41) is 9.76. The molecule has 1 saturated heterocycles. The van der Waals surface area contributed by atoms with Crippen LogP contribution in [0.1, 0.15) is 19.8 Å². The van der Waals surface area contributed by atoms with E-state index in [2.05, 4.69) is 27.2 Å². The minimum absolute atomic E-state index is 0.378. The Morgan fingerprint density at radius 2 is 2.20 bits per heavy atom. The van der Waals surface area contributed by atoms with Crippen LogP contribution in [-0.4, -0.2) is 44.9 Å². The Bertz CT molecular complexity index is 825. The standard InChI is InChI=1S/C17H21ClN6S/c1-12(9-24-11-19-10-20-24)21-14-4-6-23(7-5-14)17-22-15-3-2-13(18)8-16(15)25-17/h2-3,8,10-12,14,21H,4-7,9H2,1H3/t12-/m0/s1. The number of halogens is 1. The van der Waals surface area contributed by atoms with Crippen molar-refractivity contribution in [3.8, 4) is 0 Å². The second-order valence-corrected chi connectivity index (χ2v) is 8.00. The van der Waals surface area contributed by atoms with Crippen molar-refractivity contribution in [2.24, 2.45) is 0 Å². The minimum Gasteiger partial charge on any atom is -0.348 e. The Morgan fingerprint density at radius 1 is 1.36 bits per heavy atom. The number of aromatic nitrogens is 4. The van der Waals surface area contributed by atoms with Crippen LogP contribution in [0.3, 0.4) is 0 Å². The number of fused-ring (bicyclic) bond motifs is 1. The molecule has 0 spiro atoms. The van der Waals surface area contributed by atoms with Crippen LogP contribution in [0.5, 0.6) is 0 Å². The lowest BCUT2D eigenvalue weighted by atomic mass is 10.0. The predicted molar refractivity (Wildman–Crippen MR) is 102 cm³/mol. The number of anilines is 1. The molecule has 25 heavy (non-hydrogen) atoms. The first kappa shape index (κ1) is 16.8. The molecule has 0 saturated carbocycles. The molecular formula is C17H21ClN6S. The minimum atomic E-state index is 0.378. The Morgan fingerprint density at radius 3 is 2.96 bits per heavy atom. The molecule has 0 aliphatic carbocycles. The summed E-state index contributed by atoms with van der Waals surface area (Å²) >= 11 is 7.81. The third kappa shape index (κ3) is 3.94. The fourth-order valence-electron chi connectivity index (χ4n) is 3.32. The quantitative estimate of drug-likeness (QED) is 0.741. The maximum absolute atomic E-state index is 6.08. The van der Waals surface area contributed by atoms with Crippen LogP contribution in [-0.2, 0) is 6.54 Å². The first-order chi connectivity index (χ1) is 12.2. The van der Waals surface area contributed by atoms with E-state index < -0.39 is 0 Å². The first-order valence-electron chi connectivity index (χ1n) is 8.57. The molecule has 132 valence electrons. The van der Waals surface area contributed by atoms with E-state index in [9.17, 15) is 0 Å². The molecule has 1 aliphatic rings. The molecule has 0 amide bonds. The Hall–Kier alpha value is -1.70. The third-order valence-electron chi connectivity index (χ3n) is 4.55. The van der Waals surface area contributed by atoms with Gasteiger partial charge in [0, 0.05) is 30.2 Å². The predicted octanol–water partition coefficient (Wildman–Crippen LogP) is 3.19. The lowest BCUT2D eigenvalue weighted by Crippen LogP contribution is -2.46. The summed E-state index contributed by atoms with van der Waals surface area (Å²) in [6, 6.07) is 6.82. The average molecular weight is 377 g/mol. The summed E-state index contributed by atoms with van der Waals surface area (Å²) in [4.78, 5) is 11.1. The van der Waals surface area contributed by atoms with Gasteiger partial charge in [0.15, 0.2) is 5.13 Å². The van der Waals surface area contributed by atoms with Gasteiger partial charge >= 0.3 is 0 Å². The highest BCUT2D eigenvalue weighted by Crippen LogP contribution is 2.32. The molecule has 3 aromatic rings. The zero-order chi connectivity index (χ0) is 17.2. The summed E-state index contributed by atoms with van der Waals surface area (Å²) in [5.41, 5.74) is 1.03. The van der Waals surface area contributed by atoms with Crippen molar-refractivity contribution in [1.82, 2.24) is 25.1 Å². The van der Waals surface area contributed by atoms with Gasteiger partial charge in [-0.25, -0.2) is 9.97 Å². The third-order valence-corrected chi connectivity index (χ3v) is 5.87. The van der Waals surface area contributed by atoms with E-state index in [-0.39, 0.29) is 0 Å². The average Bonchev–Trinajstić information content (AvgIpc) is 3.24. The smallest absolute Gasteiger partial charge is 0.186 e. The van der Waals surface area contributed by atoms with Gasteiger partial charge in [-0.15, -0.1) is 0 Å². The highest BCUT2D eigenvalue weighted by atomic mass is 35.5. The molecule has 3 heterocycles. The van der Waals surface area contributed by atoms with E-state index in [4.69, 9.17) is 16.6 Å². The van der Waals surface area contributed by atoms with Gasteiger partial charge in [0.1, 0.15) is 12.7 Å². The SMILES string of the molecule is C[C@@H](Cn1cncn1)NC1CCN(c2nc3ccc(Cl)cc3s2)CC1. The molecule has 8 heteroatoms. The Balaban J connectivity index is 1.32. The molecule has 1 N–H and O–H groups in total. The van der Waals surface area contributed by atoms with E-state index in [0.29, 0.717) is 12.1 Å². The van der Waals surface area contributed by atoms with Crippen molar-refractivity contribution in [1.29, 1.82) is 0 Å². The zero-order valence-electron chi connectivity index (χ0n) is 14.1. The molecule has 1 fully saturated rings. The number of benzene rings is 1. The number of hydrogen-bond acceptors (Lipinski definition) is 6. The van der Waals surface area contributed by atoms with Crippen LogP contribution < -0.4 is 10.2 Å². The lowest BCUT2D eigenvalue weighted by molar-refractivity contribution is 0.348. The van der Waals surface area contributed by atoms with Gasteiger partial charge in [-0.05, 0) is 38.0 Å². The van der Waals surface area contributed by atoms with E-state index in [0.717, 1.165) is 52.8 Å².